The summed E-state index contributed by atoms with van der Waals surface area (Å²) >= 11 is 0. The minimum Gasteiger partial charge on any atom is -0.352 e. The zero-order chi connectivity index (χ0) is 14.8. The molecule has 1 unspecified atom stereocenters. The zero-order valence-electron chi connectivity index (χ0n) is 11.2. The highest BCUT2D eigenvalue weighted by Crippen LogP contribution is 2.31. The number of unbranched alkanes of at least 4 members (excludes halogenated alkanes) is 1. The van der Waals surface area contributed by atoms with Crippen LogP contribution in [0.1, 0.15) is 36.5 Å². The number of hydrogen-bond acceptors (Lipinski definition) is 3. The quantitative estimate of drug-likeness (QED) is 0.724. The Balaban J connectivity index is 2.48. The molecule has 1 aromatic rings. The Hall–Kier alpha value is -2.37. The molecule has 3 amide bonds. The Morgan fingerprint density at radius 1 is 1.35 bits per heavy atom. The first-order valence-electron chi connectivity index (χ1n) is 6.54. The fourth-order valence-electron chi connectivity index (χ4n) is 2.41. The third-order valence-corrected chi connectivity index (χ3v) is 3.44. The van der Waals surface area contributed by atoms with Crippen molar-refractivity contribution in [3.05, 3.63) is 29.8 Å². The predicted octanol–water partition coefficient (Wildman–Crippen LogP) is 1.42. The van der Waals surface area contributed by atoms with Gasteiger partial charge in [0.05, 0.1) is 5.69 Å². The number of fused-ring (bicyclic) bond motifs is 1. The van der Waals surface area contributed by atoms with Crippen LogP contribution in [0.4, 0.5) is 10.5 Å². The lowest BCUT2D eigenvalue weighted by Gasteiger charge is -2.35. The van der Waals surface area contributed by atoms with E-state index in [2.05, 4.69) is 10.6 Å². The van der Waals surface area contributed by atoms with Gasteiger partial charge in [0.15, 0.2) is 11.3 Å². The third-order valence-electron chi connectivity index (χ3n) is 3.44. The summed E-state index contributed by atoms with van der Waals surface area (Å²) in [4.78, 5) is 36.2. The molecule has 4 N–H and O–H groups in total. The third kappa shape index (κ3) is 2.24. The van der Waals surface area contributed by atoms with Gasteiger partial charge in [0.2, 0.25) is 0 Å². The van der Waals surface area contributed by atoms with Gasteiger partial charge in [-0.1, -0.05) is 31.9 Å². The summed E-state index contributed by atoms with van der Waals surface area (Å²) in [5, 5.41) is 5.01. The molecule has 1 aromatic carbocycles. The van der Waals surface area contributed by atoms with E-state index >= 15 is 0 Å². The minimum absolute atomic E-state index is 0.228. The lowest BCUT2D eigenvalue weighted by Crippen LogP contribution is -2.65. The topological polar surface area (TPSA) is 101 Å². The number of primary amides is 1. The van der Waals surface area contributed by atoms with Crippen molar-refractivity contribution in [3.63, 3.8) is 0 Å². The van der Waals surface area contributed by atoms with Gasteiger partial charge >= 0.3 is 6.03 Å². The fourth-order valence-corrected chi connectivity index (χ4v) is 2.41. The van der Waals surface area contributed by atoms with Crippen LogP contribution in [0.5, 0.6) is 0 Å². The van der Waals surface area contributed by atoms with Crippen LogP contribution in [0.2, 0.25) is 0 Å². The first-order valence-corrected chi connectivity index (χ1v) is 6.54. The highest BCUT2D eigenvalue weighted by molar-refractivity contribution is 6.28. The van der Waals surface area contributed by atoms with Crippen molar-refractivity contribution in [2.24, 2.45) is 5.73 Å². The molecule has 1 atom stereocenters. The number of rotatable bonds is 4. The van der Waals surface area contributed by atoms with E-state index in [9.17, 15) is 14.4 Å². The molecule has 6 heteroatoms. The number of amides is 3. The number of Topliss-reactive ketones (excluding diaryl/α,β-unsaturated/α-hetero) is 1. The van der Waals surface area contributed by atoms with Crippen molar-refractivity contribution < 1.29 is 14.4 Å². The van der Waals surface area contributed by atoms with Gasteiger partial charge in [-0.3, -0.25) is 9.59 Å². The van der Waals surface area contributed by atoms with Crippen molar-refractivity contribution in [2.75, 3.05) is 5.32 Å². The van der Waals surface area contributed by atoms with E-state index < -0.39 is 23.3 Å². The Labute approximate surface area is 116 Å². The van der Waals surface area contributed by atoms with E-state index in [1.165, 1.54) is 0 Å². The molecular weight excluding hydrogens is 258 g/mol. The smallest absolute Gasteiger partial charge is 0.313 e. The molecule has 6 nitrogen and oxygen atoms in total. The standard InChI is InChI=1S/C14H17N3O3/c1-2-3-8-14(17-13(15)20)11(18)9-6-4-5-7-10(9)16-12(14)19/h4-7H,2-3,8H2,1H3,(H,16,19)(H3,15,17,20). The van der Waals surface area contributed by atoms with Crippen LogP contribution in [-0.2, 0) is 4.79 Å². The van der Waals surface area contributed by atoms with Crippen LogP contribution in [0.25, 0.3) is 0 Å². The summed E-state index contributed by atoms with van der Waals surface area (Å²) in [6.07, 6.45) is 1.65. The van der Waals surface area contributed by atoms with Gasteiger partial charge in [0.1, 0.15) is 0 Å². The van der Waals surface area contributed by atoms with Crippen LogP contribution in [0.3, 0.4) is 0 Å². The molecule has 1 heterocycles. The van der Waals surface area contributed by atoms with E-state index in [-0.39, 0.29) is 6.42 Å². The molecule has 0 radical (unpaired) electrons. The highest BCUT2D eigenvalue weighted by atomic mass is 16.2. The molecule has 20 heavy (non-hydrogen) atoms. The van der Waals surface area contributed by atoms with Gasteiger partial charge in [0, 0.05) is 5.56 Å². The average molecular weight is 275 g/mol. The number of para-hydroxylation sites is 1. The van der Waals surface area contributed by atoms with Crippen LogP contribution < -0.4 is 16.4 Å². The first kappa shape index (κ1) is 14.0. The Kier molecular flexibility index (Phi) is 3.74. The van der Waals surface area contributed by atoms with Gasteiger partial charge in [-0.05, 0) is 18.6 Å². The number of carbonyl (C=O) groups is 3. The first-order chi connectivity index (χ1) is 9.51. The van der Waals surface area contributed by atoms with E-state index in [0.717, 1.165) is 6.42 Å². The molecule has 1 aliphatic rings. The van der Waals surface area contributed by atoms with E-state index in [1.54, 1.807) is 24.3 Å². The van der Waals surface area contributed by atoms with Crippen LogP contribution in [-0.4, -0.2) is 23.3 Å². The molecule has 0 saturated carbocycles. The van der Waals surface area contributed by atoms with E-state index in [4.69, 9.17) is 5.73 Å². The number of ketones is 1. The molecule has 0 aromatic heterocycles. The molecule has 106 valence electrons. The Morgan fingerprint density at radius 3 is 2.70 bits per heavy atom. The van der Waals surface area contributed by atoms with Gasteiger partial charge in [-0.15, -0.1) is 0 Å². The van der Waals surface area contributed by atoms with Crippen molar-refractivity contribution in [3.8, 4) is 0 Å². The summed E-state index contributed by atoms with van der Waals surface area (Å²) in [6.45, 7) is 1.94. The normalized spacial score (nSPS) is 21.1. The number of hydrogen-bond donors (Lipinski definition) is 3. The van der Waals surface area contributed by atoms with Crippen LogP contribution in [0.15, 0.2) is 24.3 Å². The van der Waals surface area contributed by atoms with Gasteiger partial charge in [-0.2, -0.15) is 0 Å². The molecule has 0 bridgehead atoms. The van der Waals surface area contributed by atoms with Crippen LogP contribution in [0, 0.1) is 0 Å². The molecule has 1 aliphatic heterocycles. The highest BCUT2D eigenvalue weighted by Gasteiger charge is 2.50. The number of benzene rings is 1. The van der Waals surface area contributed by atoms with Crippen molar-refractivity contribution in [1.29, 1.82) is 0 Å². The maximum absolute atomic E-state index is 12.7. The number of carbonyl (C=O) groups excluding carboxylic acids is 3. The fraction of sp³-hybridized carbons (Fsp3) is 0.357. The van der Waals surface area contributed by atoms with E-state index in [1.807, 2.05) is 6.92 Å². The minimum atomic E-state index is -1.60. The molecule has 0 saturated heterocycles. The molecule has 0 fully saturated rings. The van der Waals surface area contributed by atoms with Crippen LogP contribution >= 0.6 is 0 Å². The maximum atomic E-state index is 12.7. The predicted molar refractivity (Wildman–Crippen MR) is 74.4 cm³/mol. The second-order valence-electron chi connectivity index (χ2n) is 4.83. The molecule has 0 aliphatic carbocycles. The molecule has 0 spiro atoms. The SMILES string of the molecule is CCCCC1(NC(N)=O)C(=O)Nc2ccccc2C1=O. The largest absolute Gasteiger partial charge is 0.352 e. The summed E-state index contributed by atoms with van der Waals surface area (Å²) in [6, 6.07) is 5.83. The Bertz CT molecular complexity index is 571. The lowest BCUT2D eigenvalue weighted by molar-refractivity contribution is -0.120. The Morgan fingerprint density at radius 2 is 2.05 bits per heavy atom. The summed E-state index contributed by atoms with van der Waals surface area (Å²) < 4.78 is 0. The molecular formula is C14H17N3O3. The number of nitrogens with one attached hydrogen (secondary N) is 2. The zero-order valence-corrected chi connectivity index (χ0v) is 11.2. The summed E-state index contributed by atoms with van der Waals surface area (Å²) in [7, 11) is 0. The lowest BCUT2D eigenvalue weighted by atomic mass is 9.80. The molecule has 2 rings (SSSR count). The maximum Gasteiger partial charge on any atom is 0.313 e. The summed E-state index contributed by atoms with van der Waals surface area (Å²) in [5.41, 5.74) is 4.39. The second kappa shape index (κ2) is 5.32. The average Bonchev–Trinajstić information content (AvgIpc) is 2.41. The van der Waals surface area contributed by atoms with Gasteiger partial charge < -0.3 is 16.4 Å². The number of nitrogens with two attached hydrogens (primary N) is 1. The van der Waals surface area contributed by atoms with Crippen molar-refractivity contribution >= 4 is 23.4 Å². The second-order valence-corrected chi connectivity index (χ2v) is 4.83. The summed E-state index contributed by atoms with van der Waals surface area (Å²) in [5.74, 6) is -0.947. The number of urea groups is 1. The monoisotopic (exact) mass is 275 g/mol. The van der Waals surface area contributed by atoms with Crippen molar-refractivity contribution in [2.45, 2.75) is 31.7 Å². The van der Waals surface area contributed by atoms with Gasteiger partial charge in [-0.25, -0.2) is 4.79 Å². The van der Waals surface area contributed by atoms with Crippen molar-refractivity contribution in [1.82, 2.24) is 5.32 Å². The van der Waals surface area contributed by atoms with E-state index in [0.29, 0.717) is 17.7 Å². The number of anilines is 1. The van der Waals surface area contributed by atoms with Gasteiger partial charge in [0.25, 0.3) is 5.91 Å².